The van der Waals surface area contributed by atoms with Crippen LogP contribution in [0.4, 0.5) is 5.69 Å². The lowest BCUT2D eigenvalue weighted by Crippen LogP contribution is -2.40. The molecule has 0 N–H and O–H groups in total. The number of nitrogens with zero attached hydrogens (tertiary/aromatic N) is 4. The zero-order valence-electron chi connectivity index (χ0n) is 17.6. The molecule has 172 valence electrons. The van der Waals surface area contributed by atoms with Gasteiger partial charge in [0, 0.05) is 42.3 Å². The molecule has 3 aromatic rings. The summed E-state index contributed by atoms with van der Waals surface area (Å²) in [6.45, 7) is 1.87. The molecular weight excluding hydrogens is 468 g/mol. The number of rotatable bonds is 5. The van der Waals surface area contributed by atoms with Gasteiger partial charge in [-0.3, -0.25) is 4.79 Å². The summed E-state index contributed by atoms with van der Waals surface area (Å²) in [5, 5.41) is 4.59. The molecule has 5 rings (SSSR count). The highest BCUT2D eigenvalue weighted by atomic mass is 35.5. The summed E-state index contributed by atoms with van der Waals surface area (Å²) in [5.74, 6) is 0.431. The summed E-state index contributed by atoms with van der Waals surface area (Å²) in [4.78, 5) is 18.9. The third-order valence-corrected chi connectivity index (χ3v) is 7.90. The Hall–Kier alpha value is -2.79. The SMILES string of the molecule is O=C1C[C@@H](c2nc(-c3ccc(S(=O)(=O)N4CCOCC4)cc3)no2)CN1c1cccc(Cl)c1. The van der Waals surface area contributed by atoms with Crippen LogP contribution in [0.15, 0.2) is 57.9 Å². The molecule has 11 heteroatoms. The van der Waals surface area contributed by atoms with Gasteiger partial charge in [-0.05, 0) is 42.5 Å². The van der Waals surface area contributed by atoms with E-state index in [9.17, 15) is 13.2 Å². The van der Waals surface area contributed by atoms with Gasteiger partial charge in [-0.2, -0.15) is 9.29 Å². The van der Waals surface area contributed by atoms with Crippen LogP contribution in [-0.2, 0) is 19.6 Å². The third-order valence-electron chi connectivity index (χ3n) is 5.76. The number of sulfonamides is 1. The maximum Gasteiger partial charge on any atom is 0.243 e. The molecule has 0 bridgehead atoms. The van der Waals surface area contributed by atoms with Crippen molar-refractivity contribution in [3.05, 3.63) is 59.4 Å². The maximum atomic E-state index is 12.8. The van der Waals surface area contributed by atoms with Crippen LogP contribution >= 0.6 is 11.6 Å². The number of ether oxygens (including phenoxy) is 1. The average molecular weight is 489 g/mol. The first-order chi connectivity index (χ1) is 15.9. The topological polar surface area (TPSA) is 106 Å². The zero-order chi connectivity index (χ0) is 23.0. The molecule has 0 unspecified atom stereocenters. The smallest absolute Gasteiger partial charge is 0.243 e. The maximum absolute atomic E-state index is 12.8. The van der Waals surface area contributed by atoms with Gasteiger partial charge >= 0.3 is 0 Å². The quantitative estimate of drug-likeness (QED) is 0.543. The van der Waals surface area contributed by atoms with Crippen LogP contribution in [-0.4, -0.2) is 61.6 Å². The van der Waals surface area contributed by atoms with Gasteiger partial charge < -0.3 is 14.2 Å². The molecule has 9 nitrogen and oxygen atoms in total. The molecule has 33 heavy (non-hydrogen) atoms. The predicted octanol–water partition coefficient (Wildman–Crippen LogP) is 2.93. The number of hydrogen-bond donors (Lipinski definition) is 0. The van der Waals surface area contributed by atoms with Gasteiger partial charge in [-0.15, -0.1) is 0 Å². The van der Waals surface area contributed by atoms with Crippen LogP contribution in [0.1, 0.15) is 18.2 Å². The fraction of sp³-hybridized carbons (Fsp3) is 0.318. The number of carbonyl (C=O) groups excluding carboxylic acids is 1. The van der Waals surface area contributed by atoms with E-state index >= 15 is 0 Å². The van der Waals surface area contributed by atoms with E-state index in [0.717, 1.165) is 5.69 Å². The standard InChI is InChI=1S/C22H21ClN4O5S/c23-17-2-1-3-18(13-17)27-14-16(12-20(27)28)22-24-21(25-32-22)15-4-6-19(7-5-15)33(29,30)26-8-10-31-11-9-26/h1-7,13,16H,8-12,14H2/t16-/m1/s1. The lowest BCUT2D eigenvalue weighted by Gasteiger charge is -2.26. The van der Waals surface area contributed by atoms with Gasteiger partial charge in [0.25, 0.3) is 0 Å². The van der Waals surface area contributed by atoms with E-state index in [-0.39, 0.29) is 23.1 Å². The summed E-state index contributed by atoms with van der Waals surface area (Å²) in [6, 6.07) is 13.5. The van der Waals surface area contributed by atoms with Crippen LogP contribution in [0.2, 0.25) is 5.02 Å². The van der Waals surface area contributed by atoms with E-state index < -0.39 is 10.0 Å². The van der Waals surface area contributed by atoms with Crippen LogP contribution in [0, 0.1) is 0 Å². The molecule has 0 aliphatic carbocycles. The van der Waals surface area contributed by atoms with Crippen molar-refractivity contribution in [3.63, 3.8) is 0 Å². The minimum absolute atomic E-state index is 0.0420. The first kappa shape index (κ1) is 22.0. The highest BCUT2D eigenvalue weighted by molar-refractivity contribution is 7.89. The Labute approximate surface area is 195 Å². The first-order valence-electron chi connectivity index (χ1n) is 10.5. The number of halogens is 1. The Bertz CT molecular complexity index is 1270. The molecule has 2 aromatic carbocycles. The van der Waals surface area contributed by atoms with E-state index in [2.05, 4.69) is 10.1 Å². The monoisotopic (exact) mass is 488 g/mol. The van der Waals surface area contributed by atoms with Gasteiger partial charge in [-0.1, -0.05) is 22.8 Å². The Kier molecular flexibility index (Phi) is 5.92. The Morgan fingerprint density at radius 3 is 2.55 bits per heavy atom. The van der Waals surface area contributed by atoms with Gasteiger partial charge in [-0.25, -0.2) is 8.42 Å². The molecule has 1 amide bonds. The number of benzene rings is 2. The van der Waals surface area contributed by atoms with Gasteiger partial charge in [0.2, 0.25) is 27.6 Å². The van der Waals surface area contributed by atoms with Gasteiger partial charge in [0.05, 0.1) is 24.0 Å². The van der Waals surface area contributed by atoms with Crippen molar-refractivity contribution in [1.29, 1.82) is 0 Å². The lowest BCUT2D eigenvalue weighted by atomic mass is 10.1. The number of anilines is 1. The zero-order valence-corrected chi connectivity index (χ0v) is 19.1. The van der Waals surface area contributed by atoms with Crippen molar-refractivity contribution < 1.29 is 22.5 Å². The molecule has 0 saturated carbocycles. The van der Waals surface area contributed by atoms with E-state index in [1.807, 2.05) is 6.07 Å². The normalized spacial score (nSPS) is 19.8. The second-order valence-corrected chi connectivity index (χ2v) is 10.3. The van der Waals surface area contributed by atoms with Gasteiger partial charge in [0.1, 0.15) is 0 Å². The van der Waals surface area contributed by atoms with Gasteiger partial charge in [0.15, 0.2) is 0 Å². The molecule has 0 spiro atoms. The fourth-order valence-electron chi connectivity index (χ4n) is 4.00. The van der Waals surface area contributed by atoms with Crippen molar-refractivity contribution >= 4 is 33.2 Å². The number of morpholine rings is 1. The largest absolute Gasteiger partial charge is 0.379 e. The third kappa shape index (κ3) is 4.39. The van der Waals surface area contributed by atoms with E-state index in [0.29, 0.717) is 55.1 Å². The summed E-state index contributed by atoms with van der Waals surface area (Å²) in [7, 11) is -3.57. The molecule has 2 aliphatic rings. The molecule has 1 aromatic heterocycles. The first-order valence-corrected chi connectivity index (χ1v) is 12.3. The van der Waals surface area contributed by atoms with Crippen LogP contribution in [0.25, 0.3) is 11.4 Å². The van der Waals surface area contributed by atoms with E-state index in [4.69, 9.17) is 20.9 Å². The van der Waals surface area contributed by atoms with Crippen molar-refractivity contribution in [2.75, 3.05) is 37.7 Å². The minimum Gasteiger partial charge on any atom is -0.379 e. The van der Waals surface area contributed by atoms with Crippen molar-refractivity contribution in [2.24, 2.45) is 0 Å². The Morgan fingerprint density at radius 2 is 1.82 bits per heavy atom. The van der Waals surface area contributed by atoms with Crippen molar-refractivity contribution in [3.8, 4) is 11.4 Å². The van der Waals surface area contributed by atoms with Crippen molar-refractivity contribution in [2.45, 2.75) is 17.2 Å². The predicted molar refractivity (Wildman–Crippen MR) is 120 cm³/mol. The average Bonchev–Trinajstić information content (AvgIpc) is 3.47. The summed E-state index contributed by atoms with van der Waals surface area (Å²) >= 11 is 6.05. The number of carbonyl (C=O) groups is 1. The van der Waals surface area contributed by atoms with Crippen LogP contribution in [0.3, 0.4) is 0 Å². The van der Waals surface area contributed by atoms with Crippen LogP contribution in [0.5, 0.6) is 0 Å². The minimum atomic E-state index is -3.57. The van der Waals surface area contributed by atoms with Crippen LogP contribution < -0.4 is 4.90 Å². The molecule has 2 aliphatic heterocycles. The second-order valence-electron chi connectivity index (χ2n) is 7.88. The summed E-state index contributed by atoms with van der Waals surface area (Å²) in [5.41, 5.74) is 1.36. The fourth-order valence-corrected chi connectivity index (χ4v) is 5.59. The molecule has 1 atom stereocenters. The second kappa shape index (κ2) is 8.86. The highest BCUT2D eigenvalue weighted by Crippen LogP contribution is 2.33. The lowest BCUT2D eigenvalue weighted by molar-refractivity contribution is -0.117. The van der Waals surface area contributed by atoms with E-state index in [1.54, 1.807) is 35.2 Å². The number of hydrogen-bond acceptors (Lipinski definition) is 7. The highest BCUT2D eigenvalue weighted by Gasteiger charge is 2.35. The van der Waals surface area contributed by atoms with Crippen molar-refractivity contribution in [1.82, 2.24) is 14.4 Å². The molecule has 2 saturated heterocycles. The number of aromatic nitrogens is 2. The molecule has 0 radical (unpaired) electrons. The van der Waals surface area contributed by atoms with E-state index in [1.165, 1.54) is 16.4 Å². The number of amides is 1. The molecular formula is C22H21ClN4O5S. The summed E-state index contributed by atoms with van der Waals surface area (Å²) in [6.07, 6.45) is 0.255. The molecule has 3 heterocycles. The Balaban J connectivity index is 1.31. The molecule has 2 fully saturated rings. The summed E-state index contributed by atoms with van der Waals surface area (Å²) < 4.78 is 37.7. The Morgan fingerprint density at radius 1 is 1.06 bits per heavy atom.